The highest BCUT2D eigenvalue weighted by Crippen LogP contribution is 2.10. The first kappa shape index (κ1) is 14.6. The Morgan fingerprint density at radius 3 is 2.67 bits per heavy atom. The first-order valence-corrected chi connectivity index (χ1v) is 7.73. The van der Waals surface area contributed by atoms with Crippen molar-refractivity contribution in [3.05, 3.63) is 18.0 Å². The van der Waals surface area contributed by atoms with Crippen LogP contribution in [0.25, 0.3) is 0 Å². The number of hydrogen-bond donors (Lipinski definition) is 2. The summed E-state index contributed by atoms with van der Waals surface area (Å²) in [6.07, 6.45) is 2.82. The van der Waals surface area contributed by atoms with Crippen molar-refractivity contribution in [1.82, 2.24) is 9.88 Å². The summed E-state index contributed by atoms with van der Waals surface area (Å²) in [6.45, 7) is 4.18. The lowest BCUT2D eigenvalue weighted by Crippen LogP contribution is -2.38. The molecule has 0 saturated heterocycles. The van der Waals surface area contributed by atoms with Crippen LogP contribution in [0.15, 0.2) is 12.3 Å². The highest BCUT2D eigenvalue weighted by Gasteiger charge is 2.17. The van der Waals surface area contributed by atoms with Gasteiger partial charge in [0, 0.05) is 25.0 Å². The predicted octanol–water partition coefficient (Wildman–Crippen LogP) is 0.253. The van der Waals surface area contributed by atoms with E-state index in [0.717, 1.165) is 6.26 Å². The van der Waals surface area contributed by atoms with Crippen LogP contribution in [-0.4, -0.2) is 36.9 Å². The fourth-order valence-corrected chi connectivity index (χ4v) is 2.77. The van der Waals surface area contributed by atoms with Crippen LogP contribution >= 0.6 is 0 Å². The normalized spacial score (nSPS) is 13.3. The maximum atomic E-state index is 12.0. The van der Waals surface area contributed by atoms with Crippen molar-refractivity contribution in [2.24, 2.45) is 0 Å². The minimum absolute atomic E-state index is 0.0823. The molecule has 0 saturated carbocycles. The standard InChI is InChI=1S/C11H19N3O3S/c1-4-14-6-9(12)5-10(14)11(15)13-8(2)7-18(3,16)17/h5-6,8H,4,7,12H2,1-3H3,(H,13,15). The fourth-order valence-electron chi connectivity index (χ4n) is 1.78. The van der Waals surface area contributed by atoms with Gasteiger partial charge in [-0.15, -0.1) is 0 Å². The molecule has 6 nitrogen and oxygen atoms in total. The molecule has 0 spiro atoms. The van der Waals surface area contributed by atoms with Crippen LogP contribution < -0.4 is 11.1 Å². The second-order valence-corrected chi connectivity index (χ2v) is 6.60. The summed E-state index contributed by atoms with van der Waals surface area (Å²) in [7, 11) is -3.11. The molecule has 0 aliphatic carbocycles. The number of carbonyl (C=O) groups is 1. The van der Waals surface area contributed by atoms with Crippen molar-refractivity contribution >= 4 is 21.4 Å². The second kappa shape index (κ2) is 5.43. The molecule has 1 unspecified atom stereocenters. The number of aryl methyl sites for hydroxylation is 1. The van der Waals surface area contributed by atoms with Crippen molar-refractivity contribution in [3.63, 3.8) is 0 Å². The predicted molar refractivity (Wildman–Crippen MR) is 71.2 cm³/mol. The van der Waals surface area contributed by atoms with E-state index in [1.54, 1.807) is 23.8 Å². The van der Waals surface area contributed by atoms with E-state index in [-0.39, 0.29) is 11.7 Å². The first-order valence-electron chi connectivity index (χ1n) is 5.67. The number of amides is 1. The molecular formula is C11H19N3O3S. The van der Waals surface area contributed by atoms with E-state index in [4.69, 9.17) is 5.73 Å². The van der Waals surface area contributed by atoms with Gasteiger partial charge in [-0.3, -0.25) is 4.79 Å². The quantitative estimate of drug-likeness (QED) is 0.804. The highest BCUT2D eigenvalue weighted by molar-refractivity contribution is 7.90. The lowest BCUT2D eigenvalue weighted by atomic mass is 10.3. The van der Waals surface area contributed by atoms with Crippen molar-refractivity contribution in [2.75, 3.05) is 17.7 Å². The van der Waals surface area contributed by atoms with E-state index < -0.39 is 15.9 Å². The molecule has 0 radical (unpaired) electrons. The number of nitrogens with zero attached hydrogens (tertiary/aromatic N) is 1. The van der Waals surface area contributed by atoms with Crippen molar-refractivity contribution < 1.29 is 13.2 Å². The van der Waals surface area contributed by atoms with E-state index in [9.17, 15) is 13.2 Å². The molecule has 7 heteroatoms. The molecule has 0 aliphatic heterocycles. The largest absolute Gasteiger partial charge is 0.397 e. The van der Waals surface area contributed by atoms with Crippen LogP contribution in [-0.2, 0) is 16.4 Å². The molecule has 102 valence electrons. The third-order valence-electron chi connectivity index (χ3n) is 2.42. The van der Waals surface area contributed by atoms with Crippen molar-refractivity contribution in [3.8, 4) is 0 Å². The van der Waals surface area contributed by atoms with Gasteiger partial charge in [-0.25, -0.2) is 8.42 Å². The summed E-state index contributed by atoms with van der Waals surface area (Å²) in [5, 5.41) is 2.65. The van der Waals surface area contributed by atoms with Crippen molar-refractivity contribution in [1.29, 1.82) is 0 Å². The number of aromatic nitrogens is 1. The molecule has 0 bridgehead atoms. The van der Waals surface area contributed by atoms with Gasteiger partial charge in [0.05, 0.1) is 11.4 Å². The Hall–Kier alpha value is -1.50. The number of nitrogens with two attached hydrogens (primary N) is 1. The summed E-state index contributed by atoms with van der Waals surface area (Å²) in [5.41, 5.74) is 6.58. The van der Waals surface area contributed by atoms with Gasteiger partial charge in [0.2, 0.25) is 0 Å². The molecule has 0 aromatic carbocycles. The Morgan fingerprint density at radius 2 is 2.17 bits per heavy atom. The van der Waals surface area contributed by atoms with Crippen LogP contribution in [0.1, 0.15) is 24.3 Å². The number of anilines is 1. The number of hydrogen-bond acceptors (Lipinski definition) is 4. The Balaban J connectivity index is 2.76. The summed E-state index contributed by atoms with van der Waals surface area (Å²) >= 11 is 0. The molecule has 1 heterocycles. The van der Waals surface area contributed by atoms with Gasteiger partial charge < -0.3 is 15.6 Å². The van der Waals surface area contributed by atoms with E-state index in [2.05, 4.69) is 5.32 Å². The zero-order valence-corrected chi connectivity index (χ0v) is 11.6. The molecule has 1 rings (SSSR count). The van der Waals surface area contributed by atoms with Crippen LogP contribution in [0.3, 0.4) is 0 Å². The van der Waals surface area contributed by atoms with E-state index in [1.807, 2.05) is 6.92 Å². The molecule has 0 fully saturated rings. The zero-order valence-electron chi connectivity index (χ0n) is 10.8. The Kier molecular flexibility index (Phi) is 4.39. The first-order chi connectivity index (χ1) is 8.23. The SMILES string of the molecule is CCn1cc(N)cc1C(=O)NC(C)CS(C)(=O)=O. The number of carbonyl (C=O) groups excluding carboxylic acids is 1. The number of sulfone groups is 1. The maximum absolute atomic E-state index is 12.0. The summed E-state index contributed by atoms with van der Waals surface area (Å²) in [5.74, 6) is -0.397. The van der Waals surface area contributed by atoms with Crippen LogP contribution in [0, 0.1) is 0 Å². The molecule has 1 atom stereocenters. The van der Waals surface area contributed by atoms with E-state index in [0.29, 0.717) is 17.9 Å². The van der Waals surface area contributed by atoms with Gasteiger partial charge >= 0.3 is 0 Å². The topological polar surface area (TPSA) is 94.2 Å². The molecule has 1 aromatic rings. The fraction of sp³-hybridized carbons (Fsp3) is 0.545. The molecule has 0 aliphatic rings. The summed E-state index contributed by atoms with van der Waals surface area (Å²) < 4.78 is 23.9. The van der Waals surface area contributed by atoms with Gasteiger partial charge in [-0.1, -0.05) is 0 Å². The minimum Gasteiger partial charge on any atom is -0.397 e. The number of nitrogens with one attached hydrogen (secondary N) is 1. The van der Waals surface area contributed by atoms with Gasteiger partial charge in [-0.05, 0) is 19.9 Å². The van der Waals surface area contributed by atoms with E-state index >= 15 is 0 Å². The van der Waals surface area contributed by atoms with Crippen LogP contribution in [0.2, 0.25) is 0 Å². The lowest BCUT2D eigenvalue weighted by Gasteiger charge is -2.13. The smallest absolute Gasteiger partial charge is 0.268 e. The zero-order chi connectivity index (χ0) is 13.9. The number of rotatable bonds is 5. The number of nitrogen functional groups attached to an aromatic ring is 1. The van der Waals surface area contributed by atoms with Gasteiger partial charge in [-0.2, -0.15) is 0 Å². The van der Waals surface area contributed by atoms with Gasteiger partial charge in [0.25, 0.3) is 5.91 Å². The Bertz CT molecular complexity index is 534. The van der Waals surface area contributed by atoms with Gasteiger partial charge in [0.15, 0.2) is 0 Å². The highest BCUT2D eigenvalue weighted by atomic mass is 32.2. The summed E-state index contributed by atoms with van der Waals surface area (Å²) in [6, 6.07) is 1.14. The third-order valence-corrected chi connectivity index (χ3v) is 3.53. The maximum Gasteiger partial charge on any atom is 0.268 e. The molecule has 3 N–H and O–H groups in total. The molecule has 18 heavy (non-hydrogen) atoms. The van der Waals surface area contributed by atoms with Gasteiger partial charge in [0.1, 0.15) is 15.5 Å². The lowest BCUT2D eigenvalue weighted by molar-refractivity contribution is 0.0934. The van der Waals surface area contributed by atoms with E-state index in [1.165, 1.54) is 0 Å². The Morgan fingerprint density at radius 1 is 1.56 bits per heavy atom. The Labute approximate surface area is 107 Å². The van der Waals surface area contributed by atoms with Crippen LogP contribution in [0.4, 0.5) is 5.69 Å². The van der Waals surface area contributed by atoms with Crippen LogP contribution in [0.5, 0.6) is 0 Å². The summed E-state index contributed by atoms with van der Waals surface area (Å²) in [4.78, 5) is 12.0. The monoisotopic (exact) mass is 273 g/mol. The average molecular weight is 273 g/mol. The molecular weight excluding hydrogens is 254 g/mol. The molecule has 1 amide bonds. The molecule has 1 aromatic heterocycles. The average Bonchev–Trinajstić information content (AvgIpc) is 2.56. The third kappa shape index (κ3) is 4.06. The van der Waals surface area contributed by atoms with Crippen molar-refractivity contribution in [2.45, 2.75) is 26.4 Å². The second-order valence-electron chi connectivity index (χ2n) is 4.41. The minimum atomic E-state index is -3.11.